The third kappa shape index (κ3) is 0.614. The number of hydrogen-bond donors (Lipinski definition) is 0. The molecule has 2 aliphatic heterocycles. The quantitative estimate of drug-likeness (QED) is 0.513. The lowest BCUT2D eigenvalue weighted by atomic mass is 9.63. The zero-order valence-electron chi connectivity index (χ0n) is 11.3. The van der Waals surface area contributed by atoms with Gasteiger partial charge in [0.2, 0.25) is 0 Å². The third-order valence-corrected chi connectivity index (χ3v) is 6.62. The van der Waals surface area contributed by atoms with E-state index in [-0.39, 0.29) is 0 Å². The van der Waals surface area contributed by atoms with Gasteiger partial charge in [-0.05, 0) is 6.42 Å². The predicted octanol–water partition coefficient (Wildman–Crippen LogP) is 0.422. The molecule has 2 spiro atoms. The average molecular weight is 286 g/mol. The van der Waals surface area contributed by atoms with Crippen molar-refractivity contribution in [2.24, 2.45) is 21.7 Å². The minimum absolute atomic E-state index is 0.318. The van der Waals surface area contributed by atoms with Crippen LogP contribution in [-0.2, 0) is 28.7 Å². The molecule has 6 heteroatoms. The molecular formula is C15H10O6. The Bertz CT molecular complexity index is 743. The molecule has 0 aromatic heterocycles. The first-order valence-corrected chi connectivity index (χ1v) is 6.85. The molecule has 2 atom stereocenters. The van der Waals surface area contributed by atoms with E-state index in [9.17, 15) is 19.2 Å². The summed E-state index contributed by atoms with van der Waals surface area (Å²) in [5, 5.41) is 0. The Balaban J connectivity index is 1.96. The summed E-state index contributed by atoms with van der Waals surface area (Å²) in [7, 11) is 0. The van der Waals surface area contributed by atoms with Crippen LogP contribution >= 0.6 is 0 Å². The van der Waals surface area contributed by atoms with Crippen molar-refractivity contribution >= 4 is 23.9 Å². The second-order valence-electron chi connectivity index (χ2n) is 6.47. The zero-order chi connectivity index (χ0) is 15.0. The Morgan fingerprint density at radius 3 is 1.81 bits per heavy atom. The fourth-order valence-corrected chi connectivity index (χ4v) is 5.82. The Hall–Kier alpha value is -2.24. The maximum atomic E-state index is 12.3. The molecule has 0 aromatic carbocycles. The van der Waals surface area contributed by atoms with Crippen molar-refractivity contribution in [1.29, 1.82) is 0 Å². The van der Waals surface area contributed by atoms with Crippen molar-refractivity contribution in [2.75, 3.05) is 0 Å². The van der Waals surface area contributed by atoms with E-state index in [1.165, 1.54) is 12.2 Å². The minimum atomic E-state index is -1.14. The van der Waals surface area contributed by atoms with Crippen LogP contribution in [0.2, 0.25) is 0 Å². The molecule has 0 N–H and O–H groups in total. The maximum Gasteiger partial charge on any atom is 0.342 e. The van der Waals surface area contributed by atoms with Crippen LogP contribution in [0, 0.1) is 21.7 Å². The van der Waals surface area contributed by atoms with Crippen molar-refractivity contribution in [1.82, 2.24) is 0 Å². The fourth-order valence-electron chi connectivity index (χ4n) is 5.82. The first-order valence-electron chi connectivity index (χ1n) is 6.85. The highest BCUT2D eigenvalue weighted by Gasteiger charge is 3.04. The van der Waals surface area contributed by atoms with Crippen molar-refractivity contribution < 1.29 is 28.7 Å². The van der Waals surface area contributed by atoms with Crippen molar-refractivity contribution in [3.05, 3.63) is 23.3 Å². The van der Waals surface area contributed by atoms with E-state index in [1.54, 1.807) is 6.92 Å². The number of cyclic esters (lactones) is 4. The average Bonchev–Trinajstić information content (AvgIpc) is 2.62. The van der Waals surface area contributed by atoms with Gasteiger partial charge in [0, 0.05) is 22.0 Å². The molecule has 0 bridgehead atoms. The number of ether oxygens (including phenoxy) is 2. The SMILES string of the molecule is CCC12C3=CC45C(=O)OC(=O)C4(C=C1C(=O)OC3=O)C25C. The van der Waals surface area contributed by atoms with Gasteiger partial charge in [-0.25, -0.2) is 9.59 Å². The van der Waals surface area contributed by atoms with E-state index in [4.69, 9.17) is 9.47 Å². The van der Waals surface area contributed by atoms with E-state index in [1.807, 2.05) is 6.92 Å². The largest absolute Gasteiger partial charge is 0.392 e. The zero-order valence-corrected chi connectivity index (χ0v) is 11.3. The first kappa shape index (κ1) is 11.4. The molecule has 106 valence electrons. The molecule has 21 heavy (non-hydrogen) atoms. The standard InChI is InChI=1S/C15H10O6/c1-3-13-6-4-14-10(18)21-11(19)15(14,12(13,14)2)5-7(13)9(17)20-8(6)16/h4-5H,3H2,1-2H3. The monoisotopic (exact) mass is 286 g/mol. The Morgan fingerprint density at radius 1 is 0.905 bits per heavy atom. The second kappa shape index (κ2) is 2.49. The molecule has 3 aliphatic carbocycles. The molecule has 5 aliphatic rings. The predicted molar refractivity (Wildman–Crippen MR) is 64.1 cm³/mol. The molecule has 3 fully saturated rings. The molecule has 0 amide bonds. The lowest BCUT2D eigenvalue weighted by Crippen LogP contribution is -2.44. The molecule has 5 rings (SSSR count). The molecule has 2 unspecified atom stereocenters. The van der Waals surface area contributed by atoms with Gasteiger partial charge >= 0.3 is 23.9 Å². The summed E-state index contributed by atoms with van der Waals surface area (Å²) in [5.74, 6) is -2.69. The van der Waals surface area contributed by atoms with Gasteiger partial charge in [0.1, 0.15) is 10.8 Å². The summed E-state index contributed by atoms with van der Waals surface area (Å²) in [4.78, 5) is 48.8. The molecule has 2 heterocycles. The molecule has 0 aromatic rings. The lowest BCUT2D eigenvalue weighted by molar-refractivity contribution is -0.164. The van der Waals surface area contributed by atoms with Crippen LogP contribution in [0.1, 0.15) is 20.3 Å². The van der Waals surface area contributed by atoms with Crippen LogP contribution in [0.15, 0.2) is 23.3 Å². The molecule has 2 saturated heterocycles. The van der Waals surface area contributed by atoms with Crippen LogP contribution in [-0.4, -0.2) is 23.9 Å². The molecule has 0 radical (unpaired) electrons. The second-order valence-corrected chi connectivity index (χ2v) is 6.47. The van der Waals surface area contributed by atoms with Gasteiger partial charge in [0.05, 0.1) is 0 Å². The molecule has 6 nitrogen and oxygen atoms in total. The van der Waals surface area contributed by atoms with Crippen LogP contribution < -0.4 is 0 Å². The topological polar surface area (TPSA) is 86.7 Å². The van der Waals surface area contributed by atoms with Gasteiger partial charge in [0.15, 0.2) is 0 Å². The lowest BCUT2D eigenvalue weighted by Gasteiger charge is -2.39. The highest BCUT2D eigenvalue weighted by Crippen LogP contribution is 2.97. The highest BCUT2D eigenvalue weighted by molar-refractivity contribution is 6.21. The van der Waals surface area contributed by atoms with Gasteiger partial charge in [-0.1, -0.05) is 26.0 Å². The van der Waals surface area contributed by atoms with E-state index in [2.05, 4.69) is 0 Å². The first-order chi connectivity index (χ1) is 9.85. The number of esters is 4. The summed E-state index contributed by atoms with van der Waals surface area (Å²) >= 11 is 0. The van der Waals surface area contributed by atoms with Gasteiger partial charge < -0.3 is 9.47 Å². The Labute approximate surface area is 118 Å². The summed E-state index contributed by atoms with van der Waals surface area (Å²) < 4.78 is 9.58. The van der Waals surface area contributed by atoms with Gasteiger partial charge in [-0.3, -0.25) is 9.59 Å². The normalized spacial score (nSPS) is 51.1. The third-order valence-electron chi connectivity index (χ3n) is 6.62. The fraction of sp³-hybridized carbons (Fsp3) is 0.467. The minimum Gasteiger partial charge on any atom is -0.392 e. The smallest absolute Gasteiger partial charge is 0.342 e. The molecule has 1 saturated carbocycles. The van der Waals surface area contributed by atoms with Gasteiger partial charge in [0.25, 0.3) is 0 Å². The number of hydrogen-bond acceptors (Lipinski definition) is 6. The Morgan fingerprint density at radius 2 is 1.38 bits per heavy atom. The van der Waals surface area contributed by atoms with Crippen molar-refractivity contribution in [3.63, 3.8) is 0 Å². The summed E-state index contributed by atoms with van der Waals surface area (Å²) in [6.45, 7) is 3.65. The van der Waals surface area contributed by atoms with Gasteiger partial charge in [-0.15, -0.1) is 0 Å². The van der Waals surface area contributed by atoms with E-state index in [0.717, 1.165) is 0 Å². The number of carbonyl (C=O) groups excluding carboxylic acids is 4. The van der Waals surface area contributed by atoms with Crippen LogP contribution in [0.25, 0.3) is 0 Å². The van der Waals surface area contributed by atoms with Crippen molar-refractivity contribution in [3.8, 4) is 0 Å². The van der Waals surface area contributed by atoms with E-state index < -0.39 is 45.5 Å². The van der Waals surface area contributed by atoms with Gasteiger partial charge in [-0.2, -0.15) is 0 Å². The number of rotatable bonds is 1. The van der Waals surface area contributed by atoms with Crippen LogP contribution in [0.3, 0.4) is 0 Å². The molecular weight excluding hydrogens is 276 g/mol. The maximum absolute atomic E-state index is 12.3. The van der Waals surface area contributed by atoms with Crippen molar-refractivity contribution in [2.45, 2.75) is 20.3 Å². The van der Waals surface area contributed by atoms with Crippen LogP contribution in [0.5, 0.6) is 0 Å². The summed E-state index contributed by atoms with van der Waals surface area (Å²) in [5.41, 5.74) is -3.38. The Kier molecular flexibility index (Phi) is 1.35. The number of carbonyl (C=O) groups is 4. The summed E-state index contributed by atoms with van der Waals surface area (Å²) in [6, 6.07) is 0. The highest BCUT2D eigenvalue weighted by atomic mass is 16.6. The van der Waals surface area contributed by atoms with E-state index >= 15 is 0 Å². The van der Waals surface area contributed by atoms with E-state index in [0.29, 0.717) is 17.6 Å². The summed E-state index contributed by atoms with van der Waals surface area (Å²) in [6.07, 6.45) is 3.51. The van der Waals surface area contributed by atoms with Crippen LogP contribution in [0.4, 0.5) is 0 Å².